The molecule has 35 heavy (non-hydrogen) atoms. The first-order valence-corrected chi connectivity index (χ1v) is 13.7. The summed E-state index contributed by atoms with van der Waals surface area (Å²) in [5.41, 5.74) is 9.89. The van der Waals surface area contributed by atoms with E-state index in [1.54, 1.807) is 18.2 Å². The standard InChI is InChI=1S/C28H30N4O2S/c29-18-22-4-1-2-7-28(22)35(33,34)32-25-6-3-5-21(16-25)19-8-10-20(11-9-19)26-17-27(26)31-24-14-12-23(30)13-15-24/h1-11,16,23-24,26-27,31-32H,12-15,17,30H2/t23?,24?,26-,27+/m1/s1. The minimum Gasteiger partial charge on any atom is -0.328 e. The zero-order valence-electron chi connectivity index (χ0n) is 19.5. The van der Waals surface area contributed by atoms with Gasteiger partial charge in [0.2, 0.25) is 0 Å². The van der Waals surface area contributed by atoms with Gasteiger partial charge >= 0.3 is 0 Å². The minimum atomic E-state index is -3.87. The number of nitrogens with one attached hydrogen (secondary N) is 2. The fourth-order valence-corrected chi connectivity index (χ4v) is 6.23. The van der Waals surface area contributed by atoms with Crippen LogP contribution in [0.15, 0.2) is 77.7 Å². The molecule has 2 aliphatic rings. The fourth-order valence-electron chi connectivity index (χ4n) is 5.02. The van der Waals surface area contributed by atoms with Gasteiger partial charge in [-0.3, -0.25) is 4.72 Å². The van der Waals surface area contributed by atoms with E-state index in [9.17, 15) is 13.7 Å². The van der Waals surface area contributed by atoms with Crippen molar-refractivity contribution in [3.05, 3.63) is 83.9 Å². The summed E-state index contributed by atoms with van der Waals surface area (Å²) in [6.45, 7) is 0. The lowest BCUT2D eigenvalue weighted by Gasteiger charge is -2.27. The maximum Gasteiger partial charge on any atom is 0.263 e. The van der Waals surface area contributed by atoms with Crippen molar-refractivity contribution in [1.29, 1.82) is 5.26 Å². The Balaban J connectivity index is 1.25. The van der Waals surface area contributed by atoms with E-state index in [4.69, 9.17) is 5.73 Å². The lowest BCUT2D eigenvalue weighted by molar-refractivity contribution is 0.339. The number of hydrogen-bond donors (Lipinski definition) is 3. The van der Waals surface area contributed by atoms with Gasteiger partial charge in [0.05, 0.1) is 5.56 Å². The minimum absolute atomic E-state index is 0.0269. The van der Waals surface area contributed by atoms with E-state index in [0.29, 0.717) is 29.7 Å². The highest BCUT2D eigenvalue weighted by atomic mass is 32.2. The molecule has 5 rings (SSSR count). The summed E-state index contributed by atoms with van der Waals surface area (Å²) in [5, 5.41) is 13.1. The Morgan fingerprint density at radius 3 is 2.37 bits per heavy atom. The summed E-state index contributed by atoms with van der Waals surface area (Å²) in [7, 11) is -3.87. The summed E-state index contributed by atoms with van der Waals surface area (Å²) in [5.74, 6) is 0.554. The highest BCUT2D eigenvalue weighted by molar-refractivity contribution is 7.92. The molecule has 2 fully saturated rings. The molecule has 3 aromatic carbocycles. The molecule has 0 aromatic heterocycles. The summed E-state index contributed by atoms with van der Waals surface area (Å²) >= 11 is 0. The van der Waals surface area contributed by atoms with Crippen molar-refractivity contribution in [2.75, 3.05) is 4.72 Å². The summed E-state index contributed by atoms with van der Waals surface area (Å²) in [6.07, 6.45) is 5.74. The number of anilines is 1. The molecular weight excluding hydrogens is 456 g/mol. The largest absolute Gasteiger partial charge is 0.328 e. The van der Waals surface area contributed by atoms with Crippen molar-refractivity contribution < 1.29 is 8.42 Å². The second kappa shape index (κ2) is 9.82. The van der Waals surface area contributed by atoms with Gasteiger partial charge in [-0.1, -0.05) is 48.5 Å². The number of sulfonamides is 1. The van der Waals surface area contributed by atoms with E-state index in [2.05, 4.69) is 34.3 Å². The van der Waals surface area contributed by atoms with E-state index >= 15 is 0 Å². The number of nitriles is 1. The molecule has 2 aliphatic carbocycles. The van der Waals surface area contributed by atoms with Crippen LogP contribution in [-0.2, 0) is 10.0 Å². The SMILES string of the molecule is N#Cc1ccccc1S(=O)(=O)Nc1cccc(-c2ccc([C@H]3C[C@@H]3NC3CCC(N)CC3)cc2)c1. The van der Waals surface area contributed by atoms with E-state index < -0.39 is 10.0 Å². The van der Waals surface area contributed by atoms with Gasteiger partial charge in [-0.2, -0.15) is 5.26 Å². The molecule has 4 N–H and O–H groups in total. The monoisotopic (exact) mass is 486 g/mol. The van der Waals surface area contributed by atoms with E-state index in [-0.39, 0.29) is 10.5 Å². The maximum atomic E-state index is 12.9. The zero-order valence-corrected chi connectivity index (χ0v) is 20.3. The summed E-state index contributed by atoms with van der Waals surface area (Å²) in [6, 6.07) is 25.5. The van der Waals surface area contributed by atoms with E-state index in [1.807, 2.05) is 24.3 Å². The van der Waals surface area contributed by atoms with Crippen molar-refractivity contribution in [2.45, 2.75) is 61.0 Å². The number of nitrogens with two attached hydrogens (primary N) is 1. The van der Waals surface area contributed by atoms with Crippen molar-refractivity contribution in [1.82, 2.24) is 5.32 Å². The average Bonchev–Trinajstić information content (AvgIpc) is 3.64. The van der Waals surface area contributed by atoms with Crippen LogP contribution in [0.2, 0.25) is 0 Å². The molecule has 180 valence electrons. The number of hydrogen-bond acceptors (Lipinski definition) is 5. The Morgan fingerprint density at radius 1 is 0.886 bits per heavy atom. The topological polar surface area (TPSA) is 108 Å². The second-order valence-electron chi connectivity index (χ2n) is 9.64. The van der Waals surface area contributed by atoms with Crippen LogP contribution in [-0.4, -0.2) is 26.5 Å². The van der Waals surface area contributed by atoms with Gasteiger partial charge in [0.25, 0.3) is 10.0 Å². The third kappa shape index (κ3) is 5.40. The van der Waals surface area contributed by atoms with Crippen LogP contribution in [0.4, 0.5) is 5.69 Å². The number of rotatable bonds is 7. The van der Waals surface area contributed by atoms with Gasteiger partial charge in [0.15, 0.2) is 0 Å². The van der Waals surface area contributed by atoms with Crippen LogP contribution in [0.1, 0.15) is 49.1 Å². The predicted molar refractivity (Wildman–Crippen MR) is 138 cm³/mol. The molecule has 0 radical (unpaired) electrons. The van der Waals surface area contributed by atoms with Crippen molar-refractivity contribution in [3.63, 3.8) is 0 Å². The third-order valence-corrected chi connectivity index (χ3v) is 8.54. The van der Waals surface area contributed by atoms with Gasteiger partial charge in [-0.15, -0.1) is 0 Å². The first-order chi connectivity index (χ1) is 16.9. The highest BCUT2D eigenvalue weighted by Crippen LogP contribution is 2.42. The lowest BCUT2D eigenvalue weighted by atomic mass is 9.92. The quantitative estimate of drug-likeness (QED) is 0.447. The second-order valence-corrected chi connectivity index (χ2v) is 11.3. The predicted octanol–water partition coefficient (Wildman–Crippen LogP) is 4.74. The normalized spacial score (nSPS) is 23.9. The van der Waals surface area contributed by atoms with E-state index in [0.717, 1.165) is 24.0 Å². The summed E-state index contributed by atoms with van der Waals surface area (Å²) in [4.78, 5) is -0.0269. The molecule has 0 aliphatic heterocycles. The third-order valence-electron chi connectivity index (χ3n) is 7.10. The molecule has 0 amide bonds. The van der Waals surface area contributed by atoms with Crippen molar-refractivity contribution >= 4 is 15.7 Å². The number of benzene rings is 3. The zero-order chi connectivity index (χ0) is 24.4. The van der Waals surface area contributed by atoms with Crippen LogP contribution in [0.3, 0.4) is 0 Å². The molecule has 0 spiro atoms. The van der Waals surface area contributed by atoms with Crippen molar-refractivity contribution in [3.8, 4) is 17.2 Å². The molecule has 0 unspecified atom stereocenters. The number of nitrogens with zero attached hydrogens (tertiary/aromatic N) is 1. The van der Waals surface area contributed by atoms with E-state index in [1.165, 1.54) is 37.0 Å². The van der Waals surface area contributed by atoms with Gasteiger partial charge in [0.1, 0.15) is 11.0 Å². The lowest BCUT2D eigenvalue weighted by Crippen LogP contribution is -2.38. The molecule has 6 nitrogen and oxygen atoms in total. The molecule has 0 heterocycles. The van der Waals surface area contributed by atoms with Crippen LogP contribution in [0, 0.1) is 11.3 Å². The van der Waals surface area contributed by atoms with Gasteiger partial charge < -0.3 is 11.1 Å². The Bertz CT molecular complexity index is 1340. The molecule has 0 bridgehead atoms. The molecule has 2 atom stereocenters. The smallest absolute Gasteiger partial charge is 0.263 e. The molecule has 7 heteroatoms. The Morgan fingerprint density at radius 2 is 1.63 bits per heavy atom. The first kappa shape index (κ1) is 23.6. The molecule has 0 saturated heterocycles. The van der Waals surface area contributed by atoms with Gasteiger partial charge in [0, 0.05) is 29.7 Å². The maximum absolute atomic E-state index is 12.9. The molecule has 3 aromatic rings. The molecule has 2 saturated carbocycles. The average molecular weight is 487 g/mol. The Kier molecular flexibility index (Phi) is 6.61. The van der Waals surface area contributed by atoms with Gasteiger partial charge in [-0.05, 0) is 73.1 Å². The van der Waals surface area contributed by atoms with Crippen LogP contribution in [0.5, 0.6) is 0 Å². The summed E-state index contributed by atoms with van der Waals surface area (Å²) < 4.78 is 28.4. The van der Waals surface area contributed by atoms with Crippen LogP contribution < -0.4 is 15.8 Å². The van der Waals surface area contributed by atoms with Crippen LogP contribution in [0.25, 0.3) is 11.1 Å². The Labute approximate surface area is 207 Å². The van der Waals surface area contributed by atoms with Crippen molar-refractivity contribution in [2.24, 2.45) is 5.73 Å². The van der Waals surface area contributed by atoms with Crippen LogP contribution >= 0.6 is 0 Å². The Hall–Kier alpha value is -3.18. The molecular formula is C28H30N4O2S. The van der Waals surface area contributed by atoms with Gasteiger partial charge in [-0.25, -0.2) is 8.42 Å². The fraction of sp³-hybridized carbons (Fsp3) is 0.321. The highest BCUT2D eigenvalue weighted by Gasteiger charge is 2.39. The first-order valence-electron chi connectivity index (χ1n) is 12.2.